The molecule has 0 radical (unpaired) electrons. The van der Waals surface area contributed by atoms with Crippen LogP contribution in [-0.4, -0.2) is 22.3 Å². The number of anilines is 1. The monoisotopic (exact) mass is 377 g/mol. The number of carbonyl (C=O) groups is 1. The summed E-state index contributed by atoms with van der Waals surface area (Å²) >= 11 is 5.95. The summed E-state index contributed by atoms with van der Waals surface area (Å²) in [5, 5.41) is 7.53. The maximum absolute atomic E-state index is 12.2. The Kier molecular flexibility index (Phi) is 5.48. The topological polar surface area (TPSA) is 56.2 Å². The number of hydrogen-bond acceptors (Lipinski definition) is 3. The van der Waals surface area contributed by atoms with Crippen molar-refractivity contribution in [3.8, 4) is 5.75 Å². The van der Waals surface area contributed by atoms with Gasteiger partial charge in [-0.05, 0) is 42.0 Å². The minimum absolute atomic E-state index is 0.00843. The zero-order chi connectivity index (χ0) is 18.5. The lowest BCUT2D eigenvalue weighted by molar-refractivity contribution is -0.0498. The van der Waals surface area contributed by atoms with Gasteiger partial charge in [-0.25, -0.2) is 0 Å². The highest BCUT2D eigenvalue weighted by atomic mass is 35.5. The van der Waals surface area contributed by atoms with Gasteiger partial charge in [0.2, 0.25) is 0 Å². The van der Waals surface area contributed by atoms with Gasteiger partial charge in [0.1, 0.15) is 5.75 Å². The van der Waals surface area contributed by atoms with Gasteiger partial charge in [0.25, 0.3) is 5.91 Å². The molecule has 1 aromatic heterocycles. The maximum Gasteiger partial charge on any atom is 0.387 e. The molecular formula is C18H14ClF2N3O2. The molecule has 3 rings (SSSR count). The molecule has 3 aromatic rings. The number of halogens is 3. The number of benzene rings is 2. The summed E-state index contributed by atoms with van der Waals surface area (Å²) < 4.78 is 30.2. The zero-order valence-corrected chi connectivity index (χ0v) is 14.2. The van der Waals surface area contributed by atoms with Gasteiger partial charge in [-0.1, -0.05) is 23.7 Å². The Labute approximate surface area is 153 Å². The van der Waals surface area contributed by atoms with Gasteiger partial charge < -0.3 is 10.1 Å². The molecule has 8 heteroatoms. The molecule has 1 N–H and O–H groups in total. The number of nitrogens with one attached hydrogen (secondary N) is 1. The first-order valence-corrected chi connectivity index (χ1v) is 8.00. The normalized spacial score (nSPS) is 10.8. The van der Waals surface area contributed by atoms with Crippen molar-refractivity contribution >= 4 is 23.2 Å². The van der Waals surface area contributed by atoms with Crippen molar-refractivity contribution in [1.29, 1.82) is 0 Å². The fourth-order valence-electron chi connectivity index (χ4n) is 2.33. The largest absolute Gasteiger partial charge is 0.435 e. The fraction of sp³-hybridized carbons (Fsp3) is 0.111. The number of carbonyl (C=O) groups excluding carboxylic acids is 1. The van der Waals surface area contributed by atoms with Gasteiger partial charge in [0, 0.05) is 16.8 Å². The number of ether oxygens (including phenoxy) is 1. The molecule has 0 aliphatic rings. The Hall–Kier alpha value is -2.93. The minimum Gasteiger partial charge on any atom is -0.435 e. The molecule has 0 bridgehead atoms. The van der Waals surface area contributed by atoms with Crippen LogP contribution in [0.3, 0.4) is 0 Å². The van der Waals surface area contributed by atoms with Crippen LogP contribution in [0.1, 0.15) is 15.9 Å². The van der Waals surface area contributed by atoms with E-state index in [2.05, 4.69) is 15.2 Å². The predicted octanol–water partition coefficient (Wildman–Crippen LogP) is 4.44. The van der Waals surface area contributed by atoms with E-state index in [1.807, 2.05) is 18.2 Å². The zero-order valence-electron chi connectivity index (χ0n) is 13.4. The molecular weight excluding hydrogens is 364 g/mol. The second kappa shape index (κ2) is 7.97. The van der Waals surface area contributed by atoms with E-state index in [9.17, 15) is 13.6 Å². The van der Waals surface area contributed by atoms with Gasteiger partial charge in [0.15, 0.2) is 0 Å². The molecule has 0 saturated carbocycles. The molecule has 26 heavy (non-hydrogen) atoms. The molecule has 0 fully saturated rings. The van der Waals surface area contributed by atoms with Crippen molar-refractivity contribution in [1.82, 2.24) is 9.78 Å². The van der Waals surface area contributed by atoms with Crippen LogP contribution in [0.25, 0.3) is 0 Å². The average molecular weight is 378 g/mol. The molecule has 1 heterocycles. The van der Waals surface area contributed by atoms with E-state index in [1.165, 1.54) is 30.5 Å². The molecule has 2 aromatic carbocycles. The van der Waals surface area contributed by atoms with Crippen molar-refractivity contribution < 1.29 is 18.3 Å². The van der Waals surface area contributed by atoms with Gasteiger partial charge in [-0.2, -0.15) is 13.9 Å². The molecule has 0 aliphatic carbocycles. The SMILES string of the molecule is O=C(Nc1cnn(Cc2cccc(Cl)c2)c1)c1ccc(OC(F)F)cc1. The van der Waals surface area contributed by atoms with E-state index in [0.717, 1.165) is 5.56 Å². The highest BCUT2D eigenvalue weighted by Crippen LogP contribution is 2.17. The van der Waals surface area contributed by atoms with E-state index >= 15 is 0 Å². The third-order valence-electron chi connectivity index (χ3n) is 3.47. The minimum atomic E-state index is -2.90. The van der Waals surface area contributed by atoms with Crippen LogP contribution in [0.4, 0.5) is 14.5 Å². The van der Waals surface area contributed by atoms with Crippen LogP contribution in [0.5, 0.6) is 5.75 Å². The number of amides is 1. The summed E-state index contributed by atoms with van der Waals surface area (Å²) in [4.78, 5) is 12.2. The average Bonchev–Trinajstić information content (AvgIpc) is 3.02. The van der Waals surface area contributed by atoms with E-state index in [1.54, 1.807) is 16.9 Å². The number of hydrogen-bond donors (Lipinski definition) is 1. The van der Waals surface area contributed by atoms with Crippen molar-refractivity contribution in [3.63, 3.8) is 0 Å². The molecule has 5 nitrogen and oxygen atoms in total. The second-order valence-corrected chi connectivity index (χ2v) is 5.85. The second-order valence-electron chi connectivity index (χ2n) is 5.41. The molecule has 0 aliphatic heterocycles. The third kappa shape index (κ3) is 4.80. The summed E-state index contributed by atoms with van der Waals surface area (Å²) in [7, 11) is 0. The highest BCUT2D eigenvalue weighted by molar-refractivity contribution is 6.30. The van der Waals surface area contributed by atoms with E-state index in [0.29, 0.717) is 22.8 Å². The van der Waals surface area contributed by atoms with Crippen LogP contribution in [0, 0.1) is 0 Å². The first kappa shape index (κ1) is 17.9. The van der Waals surface area contributed by atoms with E-state index in [-0.39, 0.29) is 11.7 Å². The lowest BCUT2D eigenvalue weighted by atomic mass is 10.2. The molecule has 0 spiro atoms. The van der Waals surface area contributed by atoms with Gasteiger partial charge in [-0.15, -0.1) is 0 Å². The Balaban J connectivity index is 1.62. The molecule has 134 valence electrons. The van der Waals surface area contributed by atoms with Crippen molar-refractivity contribution in [2.75, 3.05) is 5.32 Å². The summed E-state index contributed by atoms with van der Waals surface area (Å²) in [6.07, 6.45) is 3.21. The summed E-state index contributed by atoms with van der Waals surface area (Å²) in [6, 6.07) is 12.8. The smallest absolute Gasteiger partial charge is 0.387 e. The number of rotatable bonds is 6. The summed E-state index contributed by atoms with van der Waals surface area (Å²) in [6.45, 7) is -2.39. The lowest BCUT2D eigenvalue weighted by Gasteiger charge is -2.06. The quantitative estimate of drug-likeness (QED) is 0.691. The fourth-order valence-corrected chi connectivity index (χ4v) is 2.54. The van der Waals surface area contributed by atoms with Gasteiger partial charge in [-0.3, -0.25) is 9.48 Å². The Morgan fingerprint density at radius 1 is 1.23 bits per heavy atom. The summed E-state index contributed by atoms with van der Waals surface area (Å²) in [5.41, 5.74) is 1.81. The Bertz CT molecular complexity index is 897. The van der Waals surface area contributed by atoms with Crippen molar-refractivity contribution in [2.45, 2.75) is 13.2 Å². The first-order valence-electron chi connectivity index (χ1n) is 7.63. The van der Waals surface area contributed by atoms with Gasteiger partial charge in [0.05, 0.1) is 18.4 Å². The van der Waals surface area contributed by atoms with E-state index < -0.39 is 6.61 Å². The van der Waals surface area contributed by atoms with Crippen LogP contribution in [0.15, 0.2) is 60.9 Å². The maximum atomic E-state index is 12.2. The standard InChI is InChI=1S/C18H14ClF2N3O2/c19-14-3-1-2-12(8-14)10-24-11-15(9-22-24)23-17(25)13-4-6-16(7-5-13)26-18(20)21/h1-9,11,18H,10H2,(H,23,25). The lowest BCUT2D eigenvalue weighted by Crippen LogP contribution is -2.11. The third-order valence-corrected chi connectivity index (χ3v) is 3.70. The molecule has 0 atom stereocenters. The Morgan fingerprint density at radius 3 is 2.69 bits per heavy atom. The molecule has 0 saturated heterocycles. The molecule has 0 unspecified atom stereocenters. The van der Waals surface area contributed by atoms with Crippen LogP contribution in [0.2, 0.25) is 5.02 Å². The van der Waals surface area contributed by atoms with Gasteiger partial charge >= 0.3 is 6.61 Å². The van der Waals surface area contributed by atoms with Crippen LogP contribution >= 0.6 is 11.6 Å². The van der Waals surface area contributed by atoms with Crippen LogP contribution < -0.4 is 10.1 Å². The predicted molar refractivity (Wildman–Crippen MR) is 93.8 cm³/mol. The number of aromatic nitrogens is 2. The number of alkyl halides is 2. The molecule has 1 amide bonds. The summed E-state index contributed by atoms with van der Waals surface area (Å²) in [5.74, 6) is -0.387. The Morgan fingerprint density at radius 2 is 2.00 bits per heavy atom. The van der Waals surface area contributed by atoms with Crippen molar-refractivity contribution in [3.05, 3.63) is 77.1 Å². The number of nitrogens with zero attached hydrogens (tertiary/aromatic N) is 2. The highest BCUT2D eigenvalue weighted by Gasteiger charge is 2.10. The first-order chi connectivity index (χ1) is 12.5. The van der Waals surface area contributed by atoms with Crippen molar-refractivity contribution in [2.24, 2.45) is 0 Å². The van der Waals surface area contributed by atoms with Crippen LogP contribution in [-0.2, 0) is 6.54 Å². The van der Waals surface area contributed by atoms with E-state index in [4.69, 9.17) is 11.6 Å².